The van der Waals surface area contributed by atoms with Crippen molar-refractivity contribution in [3.63, 3.8) is 0 Å². The summed E-state index contributed by atoms with van der Waals surface area (Å²) in [6, 6.07) is 22.3. The average molecular weight is 338 g/mol. The van der Waals surface area contributed by atoms with Gasteiger partial charge in [0.25, 0.3) is 0 Å². The molecule has 1 aliphatic rings. The number of imidazole rings is 1. The summed E-state index contributed by atoms with van der Waals surface area (Å²) in [7, 11) is 0. The summed E-state index contributed by atoms with van der Waals surface area (Å²) >= 11 is 0. The van der Waals surface area contributed by atoms with Gasteiger partial charge in [0.05, 0.1) is 11.0 Å². The van der Waals surface area contributed by atoms with Crippen LogP contribution < -0.4 is 0 Å². The van der Waals surface area contributed by atoms with E-state index < -0.39 is 0 Å². The fraction of sp³-hybridized carbons (Fsp3) is 0.208. The highest BCUT2D eigenvalue weighted by molar-refractivity contribution is 5.87. The molecule has 1 aromatic heterocycles. The van der Waals surface area contributed by atoms with Crippen molar-refractivity contribution >= 4 is 11.0 Å². The number of aromatic nitrogens is 2. The van der Waals surface area contributed by atoms with Crippen LogP contribution in [-0.2, 0) is 6.42 Å². The Balaban J connectivity index is 1.79. The zero-order valence-electron chi connectivity index (χ0n) is 15.5. The quantitative estimate of drug-likeness (QED) is 0.377. The Labute approximate surface area is 154 Å². The lowest BCUT2D eigenvalue weighted by atomic mass is 10.0. The molecule has 3 aromatic carbocycles. The maximum Gasteiger partial charge on any atom is 0.141 e. The summed E-state index contributed by atoms with van der Waals surface area (Å²) in [5.41, 5.74) is 10.4. The van der Waals surface area contributed by atoms with Gasteiger partial charge in [0.1, 0.15) is 5.82 Å². The van der Waals surface area contributed by atoms with Crippen LogP contribution in [0.15, 0.2) is 60.7 Å². The molecule has 4 aromatic rings. The predicted octanol–water partition coefficient (Wildman–Crippen LogP) is 6.16. The molecule has 0 atom stereocenters. The number of aryl methyl sites for hydroxylation is 1. The van der Waals surface area contributed by atoms with Gasteiger partial charge in [0, 0.05) is 11.6 Å². The molecular weight excluding hydrogens is 316 g/mol. The zero-order chi connectivity index (χ0) is 17.8. The largest absolute Gasteiger partial charge is 0.321 e. The van der Waals surface area contributed by atoms with Gasteiger partial charge in [-0.3, -0.25) is 0 Å². The van der Waals surface area contributed by atoms with Crippen molar-refractivity contribution in [2.24, 2.45) is 0 Å². The minimum absolute atomic E-state index is 0.359. The van der Waals surface area contributed by atoms with E-state index in [1.165, 1.54) is 38.9 Å². The molecule has 0 fully saturated rings. The Hall–Kier alpha value is -2.87. The van der Waals surface area contributed by atoms with E-state index in [1.54, 1.807) is 0 Å². The van der Waals surface area contributed by atoms with Crippen LogP contribution in [0.4, 0.5) is 0 Å². The van der Waals surface area contributed by atoms with Crippen LogP contribution in [0.25, 0.3) is 33.5 Å². The average Bonchev–Trinajstić information content (AvgIpc) is 3.19. The number of rotatable bonds is 2. The van der Waals surface area contributed by atoms with Crippen LogP contribution in [0.1, 0.15) is 36.6 Å². The van der Waals surface area contributed by atoms with E-state index in [0.29, 0.717) is 6.04 Å². The molecule has 128 valence electrons. The molecule has 0 aliphatic heterocycles. The molecule has 0 saturated heterocycles. The molecule has 0 unspecified atom stereocenters. The lowest BCUT2D eigenvalue weighted by molar-refractivity contribution is 0.624. The molecule has 2 nitrogen and oxygen atoms in total. The third-order valence-corrected chi connectivity index (χ3v) is 5.45. The number of nitrogens with zero attached hydrogens (tertiary/aromatic N) is 2. The van der Waals surface area contributed by atoms with Gasteiger partial charge in [0.15, 0.2) is 0 Å². The second kappa shape index (κ2) is 5.57. The van der Waals surface area contributed by atoms with E-state index >= 15 is 0 Å². The van der Waals surface area contributed by atoms with E-state index in [2.05, 4.69) is 86.0 Å². The van der Waals surface area contributed by atoms with E-state index in [0.717, 1.165) is 17.8 Å². The van der Waals surface area contributed by atoms with Gasteiger partial charge >= 0.3 is 0 Å². The van der Waals surface area contributed by atoms with Crippen molar-refractivity contribution in [2.75, 3.05) is 0 Å². The van der Waals surface area contributed by atoms with Crippen molar-refractivity contribution in [2.45, 2.75) is 33.2 Å². The highest BCUT2D eigenvalue weighted by Gasteiger charge is 2.24. The molecule has 1 heterocycles. The van der Waals surface area contributed by atoms with E-state index in [1.807, 2.05) is 0 Å². The van der Waals surface area contributed by atoms with Gasteiger partial charge < -0.3 is 4.57 Å². The molecule has 0 spiro atoms. The van der Waals surface area contributed by atoms with Gasteiger partial charge in [-0.15, -0.1) is 0 Å². The summed E-state index contributed by atoms with van der Waals surface area (Å²) in [5.74, 6) is 1.09. The topological polar surface area (TPSA) is 17.8 Å². The fourth-order valence-corrected chi connectivity index (χ4v) is 4.29. The third-order valence-electron chi connectivity index (χ3n) is 5.45. The normalized spacial score (nSPS) is 12.6. The van der Waals surface area contributed by atoms with Crippen LogP contribution in [0.2, 0.25) is 0 Å². The minimum atomic E-state index is 0.359. The highest BCUT2D eigenvalue weighted by Crippen LogP contribution is 2.42. The Morgan fingerprint density at radius 3 is 2.50 bits per heavy atom. The molecule has 0 bridgehead atoms. The van der Waals surface area contributed by atoms with Crippen molar-refractivity contribution in [3.8, 4) is 22.5 Å². The van der Waals surface area contributed by atoms with Crippen molar-refractivity contribution in [1.82, 2.24) is 9.55 Å². The summed E-state index contributed by atoms with van der Waals surface area (Å²) in [4.78, 5) is 5.07. The van der Waals surface area contributed by atoms with Crippen LogP contribution in [0.5, 0.6) is 0 Å². The van der Waals surface area contributed by atoms with Gasteiger partial charge in [-0.2, -0.15) is 0 Å². The van der Waals surface area contributed by atoms with Crippen LogP contribution in [0, 0.1) is 6.92 Å². The lowest BCUT2D eigenvalue weighted by Gasteiger charge is -2.15. The maximum atomic E-state index is 5.07. The number of benzene rings is 3. The summed E-state index contributed by atoms with van der Waals surface area (Å²) in [6.07, 6.45) is 0.988. The van der Waals surface area contributed by atoms with E-state index in [9.17, 15) is 0 Å². The maximum absolute atomic E-state index is 5.07. The Kier molecular flexibility index (Phi) is 3.30. The van der Waals surface area contributed by atoms with Crippen molar-refractivity contribution < 1.29 is 0 Å². The minimum Gasteiger partial charge on any atom is -0.321 e. The van der Waals surface area contributed by atoms with Crippen LogP contribution in [-0.4, -0.2) is 9.55 Å². The highest BCUT2D eigenvalue weighted by atomic mass is 15.1. The zero-order valence-corrected chi connectivity index (χ0v) is 15.5. The van der Waals surface area contributed by atoms with Crippen molar-refractivity contribution in [3.05, 3.63) is 77.4 Å². The number of hydrogen-bond donors (Lipinski definition) is 0. The second-order valence-corrected chi connectivity index (χ2v) is 7.56. The molecule has 0 radical (unpaired) electrons. The molecule has 0 saturated carbocycles. The Morgan fingerprint density at radius 1 is 0.885 bits per heavy atom. The molecule has 1 aliphatic carbocycles. The van der Waals surface area contributed by atoms with Crippen LogP contribution >= 0.6 is 0 Å². The molecule has 26 heavy (non-hydrogen) atoms. The molecule has 0 amide bonds. The SMILES string of the molecule is Cc1ccc2c(c1)nc(-c1cccc3c1Cc1ccccc1-3)n2C(C)C. The summed E-state index contributed by atoms with van der Waals surface area (Å²) in [5, 5.41) is 0. The summed E-state index contributed by atoms with van der Waals surface area (Å²) in [6.45, 7) is 6.61. The molecule has 0 N–H and O–H groups in total. The third kappa shape index (κ3) is 2.15. The standard InChI is InChI=1S/C24H22N2/c1-15(2)26-23-12-11-16(3)13-22(23)25-24(26)20-10-6-9-19-18-8-5-4-7-17(18)14-21(19)20/h4-13,15H,14H2,1-3H3. The number of hydrogen-bond acceptors (Lipinski definition) is 1. The predicted molar refractivity (Wildman–Crippen MR) is 109 cm³/mol. The molecular formula is C24H22N2. The monoisotopic (exact) mass is 338 g/mol. The van der Waals surface area contributed by atoms with Gasteiger partial charge in [-0.25, -0.2) is 4.98 Å². The molecule has 5 rings (SSSR count). The van der Waals surface area contributed by atoms with Gasteiger partial charge in [-0.1, -0.05) is 48.5 Å². The number of fused-ring (bicyclic) bond motifs is 4. The van der Waals surface area contributed by atoms with Crippen LogP contribution in [0.3, 0.4) is 0 Å². The van der Waals surface area contributed by atoms with Gasteiger partial charge in [-0.05, 0) is 67.1 Å². The molecule has 2 heteroatoms. The first-order valence-electron chi connectivity index (χ1n) is 9.32. The second-order valence-electron chi connectivity index (χ2n) is 7.56. The smallest absolute Gasteiger partial charge is 0.141 e. The van der Waals surface area contributed by atoms with Crippen molar-refractivity contribution in [1.29, 1.82) is 0 Å². The first kappa shape index (κ1) is 15.4. The fourth-order valence-electron chi connectivity index (χ4n) is 4.29. The van der Waals surface area contributed by atoms with E-state index in [4.69, 9.17) is 4.98 Å². The first-order chi connectivity index (χ1) is 12.6. The Morgan fingerprint density at radius 2 is 1.65 bits per heavy atom. The Bertz CT molecular complexity index is 1150. The van der Waals surface area contributed by atoms with E-state index in [-0.39, 0.29) is 0 Å². The lowest BCUT2D eigenvalue weighted by Crippen LogP contribution is -2.04. The first-order valence-corrected chi connectivity index (χ1v) is 9.32. The summed E-state index contributed by atoms with van der Waals surface area (Å²) < 4.78 is 2.38. The van der Waals surface area contributed by atoms with Gasteiger partial charge in [0.2, 0.25) is 0 Å².